The smallest absolute Gasteiger partial charge is 0.338 e. The molecule has 1 aromatic heterocycles. The number of ether oxygens (including phenoxy) is 1. The Balaban J connectivity index is 1.89. The first kappa shape index (κ1) is 12.9. The quantitative estimate of drug-likeness (QED) is 0.891. The zero-order valence-corrected chi connectivity index (χ0v) is 9.91. The molecule has 6 heteroatoms. The van der Waals surface area contributed by atoms with Crippen LogP contribution in [0.25, 0.3) is 0 Å². The fourth-order valence-electron chi connectivity index (χ4n) is 1.41. The molecule has 0 fully saturated rings. The summed E-state index contributed by atoms with van der Waals surface area (Å²) in [5.41, 5.74) is 0.0266. The Labute approximate surface area is 108 Å². The summed E-state index contributed by atoms with van der Waals surface area (Å²) >= 11 is 0. The minimum Gasteiger partial charge on any atom is -0.490 e. The summed E-state index contributed by atoms with van der Waals surface area (Å²) in [6.45, 7) is 0.216. The second kappa shape index (κ2) is 5.90. The molecule has 1 aromatic carbocycles. The summed E-state index contributed by atoms with van der Waals surface area (Å²) in [6, 6.07) is 6.10. The molecule has 0 amide bonds. The number of aromatic nitrogens is 2. The van der Waals surface area contributed by atoms with Crippen molar-refractivity contribution in [2.75, 3.05) is 6.61 Å². The highest BCUT2D eigenvalue weighted by molar-refractivity contribution is 5.86. The third-order valence-electron chi connectivity index (χ3n) is 2.37. The van der Waals surface area contributed by atoms with Crippen molar-refractivity contribution >= 4 is 5.97 Å². The zero-order valence-electron chi connectivity index (χ0n) is 9.91. The van der Waals surface area contributed by atoms with Crippen molar-refractivity contribution in [1.82, 2.24) is 9.97 Å². The van der Waals surface area contributed by atoms with Gasteiger partial charge in [0, 0.05) is 18.8 Å². The lowest BCUT2D eigenvalue weighted by Gasteiger charge is -2.06. The van der Waals surface area contributed by atoms with Crippen LogP contribution < -0.4 is 4.74 Å². The van der Waals surface area contributed by atoms with Gasteiger partial charge in [-0.25, -0.2) is 19.2 Å². The van der Waals surface area contributed by atoms with E-state index in [0.29, 0.717) is 12.2 Å². The summed E-state index contributed by atoms with van der Waals surface area (Å²) < 4.78 is 18.5. The van der Waals surface area contributed by atoms with E-state index in [1.165, 1.54) is 24.5 Å². The molecule has 0 saturated heterocycles. The maximum absolute atomic E-state index is 13.2. The Morgan fingerprint density at radius 2 is 1.95 bits per heavy atom. The van der Waals surface area contributed by atoms with Gasteiger partial charge in [0.1, 0.15) is 5.82 Å². The van der Waals surface area contributed by atoms with Gasteiger partial charge in [-0.3, -0.25) is 0 Å². The SMILES string of the molecule is O=C(O)c1cnc(CCOc2ccccc2F)nc1. The highest BCUT2D eigenvalue weighted by Gasteiger charge is 2.05. The zero-order chi connectivity index (χ0) is 13.7. The van der Waals surface area contributed by atoms with Gasteiger partial charge < -0.3 is 9.84 Å². The first-order valence-electron chi connectivity index (χ1n) is 5.58. The van der Waals surface area contributed by atoms with Crippen molar-refractivity contribution in [3.05, 3.63) is 53.9 Å². The molecule has 0 saturated carbocycles. The average Bonchev–Trinajstić information content (AvgIpc) is 2.41. The largest absolute Gasteiger partial charge is 0.490 e. The molecule has 0 radical (unpaired) electrons. The number of hydrogen-bond acceptors (Lipinski definition) is 4. The van der Waals surface area contributed by atoms with Crippen LogP contribution in [0.5, 0.6) is 5.75 Å². The lowest BCUT2D eigenvalue weighted by Crippen LogP contribution is -2.07. The molecule has 1 heterocycles. The maximum atomic E-state index is 13.2. The van der Waals surface area contributed by atoms with Crippen LogP contribution >= 0.6 is 0 Å². The van der Waals surface area contributed by atoms with E-state index in [-0.39, 0.29) is 17.9 Å². The third kappa shape index (κ3) is 3.48. The second-order valence-electron chi connectivity index (χ2n) is 3.72. The van der Waals surface area contributed by atoms with Crippen molar-refractivity contribution in [2.45, 2.75) is 6.42 Å². The molecule has 0 unspecified atom stereocenters. The van der Waals surface area contributed by atoms with Gasteiger partial charge in [0.2, 0.25) is 0 Å². The van der Waals surface area contributed by atoms with Crippen LogP contribution in [-0.2, 0) is 6.42 Å². The van der Waals surface area contributed by atoms with Crippen LogP contribution in [0.3, 0.4) is 0 Å². The molecule has 0 aliphatic rings. The highest BCUT2D eigenvalue weighted by atomic mass is 19.1. The van der Waals surface area contributed by atoms with Crippen LogP contribution in [0.4, 0.5) is 4.39 Å². The molecule has 19 heavy (non-hydrogen) atoms. The van der Waals surface area contributed by atoms with Gasteiger partial charge in [0.25, 0.3) is 0 Å². The lowest BCUT2D eigenvalue weighted by atomic mass is 10.3. The number of benzene rings is 1. The van der Waals surface area contributed by atoms with E-state index < -0.39 is 11.8 Å². The van der Waals surface area contributed by atoms with E-state index in [9.17, 15) is 9.18 Å². The molecule has 98 valence electrons. The number of carbonyl (C=O) groups is 1. The van der Waals surface area contributed by atoms with Gasteiger partial charge in [0.15, 0.2) is 11.6 Å². The van der Waals surface area contributed by atoms with Gasteiger partial charge in [-0.2, -0.15) is 0 Å². The van der Waals surface area contributed by atoms with E-state index in [1.54, 1.807) is 12.1 Å². The number of hydrogen-bond donors (Lipinski definition) is 1. The first-order valence-corrected chi connectivity index (χ1v) is 5.58. The Morgan fingerprint density at radius 3 is 2.58 bits per heavy atom. The van der Waals surface area contributed by atoms with Gasteiger partial charge in [0.05, 0.1) is 12.2 Å². The van der Waals surface area contributed by atoms with E-state index in [2.05, 4.69) is 9.97 Å². The van der Waals surface area contributed by atoms with Gasteiger partial charge in [-0.15, -0.1) is 0 Å². The van der Waals surface area contributed by atoms with Crippen molar-refractivity contribution in [3.8, 4) is 5.75 Å². The number of carboxylic acids is 1. The van der Waals surface area contributed by atoms with Crippen LogP contribution in [0, 0.1) is 5.82 Å². The second-order valence-corrected chi connectivity index (χ2v) is 3.72. The molecule has 2 rings (SSSR count). The van der Waals surface area contributed by atoms with Gasteiger partial charge >= 0.3 is 5.97 Å². The number of halogens is 1. The normalized spacial score (nSPS) is 10.2. The fraction of sp³-hybridized carbons (Fsp3) is 0.154. The molecule has 5 nitrogen and oxygen atoms in total. The Hall–Kier alpha value is -2.50. The minimum atomic E-state index is -1.07. The topological polar surface area (TPSA) is 72.3 Å². The van der Waals surface area contributed by atoms with Crippen LogP contribution in [-0.4, -0.2) is 27.7 Å². The summed E-state index contributed by atoms with van der Waals surface area (Å²) in [5.74, 6) is -0.884. The molecule has 0 bridgehead atoms. The van der Waals surface area contributed by atoms with E-state index >= 15 is 0 Å². The average molecular weight is 262 g/mol. The van der Waals surface area contributed by atoms with E-state index in [1.807, 2.05) is 0 Å². The highest BCUT2D eigenvalue weighted by Crippen LogP contribution is 2.15. The summed E-state index contributed by atoms with van der Waals surface area (Å²) in [7, 11) is 0. The molecular weight excluding hydrogens is 251 g/mol. The summed E-state index contributed by atoms with van der Waals surface area (Å²) in [5, 5.41) is 8.68. The molecular formula is C13H11FN2O3. The van der Waals surface area contributed by atoms with E-state index in [0.717, 1.165) is 0 Å². The third-order valence-corrected chi connectivity index (χ3v) is 2.37. The number of aromatic carboxylic acids is 1. The maximum Gasteiger partial charge on any atom is 0.338 e. The molecule has 2 aromatic rings. The summed E-state index contributed by atoms with van der Waals surface area (Å²) in [6.07, 6.45) is 2.83. The van der Waals surface area contributed by atoms with Crippen molar-refractivity contribution in [1.29, 1.82) is 0 Å². The predicted octanol–water partition coefficient (Wildman–Crippen LogP) is 1.94. The molecule has 0 spiro atoms. The molecule has 0 atom stereocenters. The lowest BCUT2D eigenvalue weighted by molar-refractivity contribution is 0.0696. The first-order chi connectivity index (χ1) is 9.16. The summed E-state index contributed by atoms with van der Waals surface area (Å²) in [4.78, 5) is 18.4. The molecule has 0 aliphatic carbocycles. The number of para-hydroxylation sites is 1. The minimum absolute atomic E-state index is 0.0266. The standard InChI is InChI=1S/C13H11FN2O3/c14-10-3-1-2-4-11(10)19-6-5-12-15-7-9(8-16-12)13(17)18/h1-4,7-8H,5-6H2,(H,17,18). The van der Waals surface area contributed by atoms with Crippen LogP contribution in [0.1, 0.15) is 16.2 Å². The van der Waals surface area contributed by atoms with Crippen LogP contribution in [0.15, 0.2) is 36.7 Å². The van der Waals surface area contributed by atoms with E-state index in [4.69, 9.17) is 9.84 Å². The monoisotopic (exact) mass is 262 g/mol. The van der Waals surface area contributed by atoms with Crippen LogP contribution in [0.2, 0.25) is 0 Å². The predicted molar refractivity (Wildman–Crippen MR) is 64.6 cm³/mol. The Morgan fingerprint density at radius 1 is 1.26 bits per heavy atom. The fourth-order valence-corrected chi connectivity index (χ4v) is 1.41. The van der Waals surface area contributed by atoms with Gasteiger partial charge in [-0.05, 0) is 12.1 Å². The number of rotatable bonds is 5. The van der Waals surface area contributed by atoms with Crippen molar-refractivity contribution < 1.29 is 19.0 Å². The Bertz CT molecular complexity index is 572. The number of carboxylic acid groups (broad SMARTS) is 1. The van der Waals surface area contributed by atoms with Crippen molar-refractivity contribution in [2.24, 2.45) is 0 Å². The number of nitrogens with zero attached hydrogens (tertiary/aromatic N) is 2. The van der Waals surface area contributed by atoms with Gasteiger partial charge in [-0.1, -0.05) is 12.1 Å². The Kier molecular flexibility index (Phi) is 4.02. The molecule has 1 N–H and O–H groups in total. The molecule has 0 aliphatic heterocycles. The van der Waals surface area contributed by atoms with Crippen molar-refractivity contribution in [3.63, 3.8) is 0 Å².